The van der Waals surface area contributed by atoms with Crippen LogP contribution in [0.1, 0.15) is 31.3 Å². The summed E-state index contributed by atoms with van der Waals surface area (Å²) in [5.41, 5.74) is 0.953. The van der Waals surface area contributed by atoms with E-state index in [1.54, 1.807) is 7.05 Å². The maximum Gasteiger partial charge on any atom is 0.260 e. The van der Waals surface area contributed by atoms with Crippen molar-refractivity contribution in [1.82, 2.24) is 14.3 Å². The summed E-state index contributed by atoms with van der Waals surface area (Å²) < 4.78 is 26.4. The van der Waals surface area contributed by atoms with Crippen molar-refractivity contribution in [3.8, 4) is 0 Å². The smallest absolute Gasteiger partial charge is 0.260 e. The molecule has 0 aliphatic heterocycles. The lowest BCUT2D eigenvalue weighted by atomic mass is 10.1. The molecule has 0 amide bonds. The standard InChI is InChI=1S/C14H19N3O2S/c1-4-13-15-10-14(16-13)20(18,19)17(3)11(2)12-8-6-5-7-9-12/h5-11H,4H2,1-3H3,(H,15,16). The second-order valence-electron chi connectivity index (χ2n) is 4.66. The molecule has 0 aliphatic rings. The molecule has 1 aromatic heterocycles. The Kier molecular flexibility index (Phi) is 4.25. The lowest BCUT2D eigenvalue weighted by Gasteiger charge is -2.23. The Morgan fingerprint density at radius 1 is 1.30 bits per heavy atom. The average molecular weight is 293 g/mol. The first kappa shape index (κ1) is 14.7. The van der Waals surface area contributed by atoms with Crippen molar-refractivity contribution in [2.24, 2.45) is 0 Å². The maximum absolute atomic E-state index is 12.5. The second-order valence-corrected chi connectivity index (χ2v) is 6.62. The van der Waals surface area contributed by atoms with Crippen LogP contribution in [0.4, 0.5) is 0 Å². The van der Waals surface area contributed by atoms with Crippen LogP contribution < -0.4 is 0 Å². The van der Waals surface area contributed by atoms with E-state index in [4.69, 9.17) is 0 Å². The van der Waals surface area contributed by atoms with Crippen LogP contribution >= 0.6 is 0 Å². The van der Waals surface area contributed by atoms with Crippen molar-refractivity contribution >= 4 is 10.0 Å². The monoisotopic (exact) mass is 293 g/mol. The van der Waals surface area contributed by atoms with Crippen LogP contribution in [-0.2, 0) is 16.4 Å². The molecule has 5 nitrogen and oxygen atoms in total. The maximum atomic E-state index is 12.5. The summed E-state index contributed by atoms with van der Waals surface area (Å²) in [6.45, 7) is 3.79. The molecule has 1 atom stereocenters. The molecule has 1 heterocycles. The van der Waals surface area contributed by atoms with Crippen molar-refractivity contribution in [3.63, 3.8) is 0 Å². The third-order valence-electron chi connectivity index (χ3n) is 3.42. The van der Waals surface area contributed by atoms with Gasteiger partial charge in [-0.15, -0.1) is 0 Å². The van der Waals surface area contributed by atoms with E-state index in [-0.39, 0.29) is 11.1 Å². The quantitative estimate of drug-likeness (QED) is 0.920. The number of hydrogen-bond donors (Lipinski definition) is 1. The van der Waals surface area contributed by atoms with E-state index in [1.165, 1.54) is 10.5 Å². The van der Waals surface area contributed by atoms with Gasteiger partial charge in [0.2, 0.25) is 0 Å². The van der Waals surface area contributed by atoms with Crippen LogP contribution in [-0.4, -0.2) is 29.7 Å². The van der Waals surface area contributed by atoms with Crippen molar-refractivity contribution in [1.29, 1.82) is 0 Å². The molecule has 1 N–H and O–H groups in total. The lowest BCUT2D eigenvalue weighted by molar-refractivity contribution is 0.397. The molecular formula is C14H19N3O2S. The van der Waals surface area contributed by atoms with E-state index >= 15 is 0 Å². The second kappa shape index (κ2) is 5.76. The topological polar surface area (TPSA) is 66.1 Å². The summed E-state index contributed by atoms with van der Waals surface area (Å²) in [6.07, 6.45) is 2.05. The van der Waals surface area contributed by atoms with Crippen molar-refractivity contribution in [3.05, 3.63) is 47.9 Å². The van der Waals surface area contributed by atoms with E-state index in [9.17, 15) is 8.42 Å². The van der Waals surface area contributed by atoms with Crippen LogP contribution in [0.15, 0.2) is 41.6 Å². The van der Waals surface area contributed by atoms with Gasteiger partial charge >= 0.3 is 0 Å². The molecule has 1 aromatic carbocycles. The number of benzene rings is 1. The third kappa shape index (κ3) is 2.76. The first-order valence-electron chi connectivity index (χ1n) is 6.53. The Balaban J connectivity index is 2.29. The van der Waals surface area contributed by atoms with Crippen LogP contribution in [0.3, 0.4) is 0 Å². The van der Waals surface area contributed by atoms with Gasteiger partial charge in [-0.2, -0.15) is 4.31 Å². The van der Waals surface area contributed by atoms with Gasteiger partial charge in [-0.05, 0) is 12.5 Å². The van der Waals surface area contributed by atoms with E-state index in [1.807, 2.05) is 44.2 Å². The summed E-state index contributed by atoms with van der Waals surface area (Å²) in [5.74, 6) is 0.671. The van der Waals surface area contributed by atoms with Gasteiger partial charge < -0.3 is 4.98 Å². The van der Waals surface area contributed by atoms with E-state index in [0.29, 0.717) is 12.2 Å². The highest BCUT2D eigenvalue weighted by Gasteiger charge is 2.27. The number of hydrogen-bond acceptors (Lipinski definition) is 3. The number of nitrogens with zero attached hydrogens (tertiary/aromatic N) is 2. The van der Waals surface area contributed by atoms with E-state index in [2.05, 4.69) is 9.97 Å². The highest BCUT2D eigenvalue weighted by molar-refractivity contribution is 7.89. The van der Waals surface area contributed by atoms with Crippen molar-refractivity contribution in [2.45, 2.75) is 31.3 Å². The zero-order valence-electron chi connectivity index (χ0n) is 11.9. The predicted octanol–water partition coefficient (Wildman–Crippen LogP) is 2.35. The van der Waals surface area contributed by atoms with E-state index in [0.717, 1.165) is 5.56 Å². The van der Waals surface area contributed by atoms with Gasteiger partial charge in [0, 0.05) is 19.5 Å². The molecule has 0 spiro atoms. The van der Waals surface area contributed by atoms with Gasteiger partial charge in [-0.3, -0.25) is 0 Å². The average Bonchev–Trinajstić information content (AvgIpc) is 2.96. The molecule has 6 heteroatoms. The molecule has 108 valence electrons. The number of aromatic nitrogens is 2. The first-order valence-corrected chi connectivity index (χ1v) is 7.97. The Bertz CT molecular complexity index is 665. The van der Waals surface area contributed by atoms with Crippen LogP contribution in [0.25, 0.3) is 0 Å². The van der Waals surface area contributed by atoms with Gasteiger partial charge in [0.1, 0.15) is 5.82 Å². The molecule has 0 saturated heterocycles. The van der Waals surface area contributed by atoms with Gasteiger partial charge in [-0.1, -0.05) is 37.3 Å². The third-order valence-corrected chi connectivity index (χ3v) is 5.26. The SMILES string of the molecule is CCc1ncc(S(=O)(=O)N(C)C(C)c2ccccc2)[nH]1. The zero-order chi connectivity index (χ0) is 14.8. The minimum Gasteiger partial charge on any atom is -0.332 e. The van der Waals surface area contributed by atoms with Crippen LogP contribution in [0, 0.1) is 0 Å². The van der Waals surface area contributed by atoms with Crippen LogP contribution in [0.5, 0.6) is 0 Å². The molecule has 0 fully saturated rings. The minimum absolute atomic E-state index is 0.139. The van der Waals surface area contributed by atoms with Gasteiger partial charge in [0.25, 0.3) is 10.0 Å². The molecule has 0 saturated carbocycles. The Morgan fingerprint density at radius 3 is 2.50 bits per heavy atom. The number of aromatic amines is 1. The van der Waals surface area contributed by atoms with Crippen molar-refractivity contribution in [2.75, 3.05) is 7.05 Å². The number of nitrogens with one attached hydrogen (secondary N) is 1. The molecule has 20 heavy (non-hydrogen) atoms. The summed E-state index contributed by atoms with van der Waals surface area (Å²) in [6, 6.07) is 9.31. The lowest BCUT2D eigenvalue weighted by Crippen LogP contribution is -2.30. The predicted molar refractivity (Wildman–Crippen MR) is 77.8 cm³/mol. The summed E-state index contributed by atoms with van der Waals surface area (Å²) in [5, 5.41) is 0.139. The van der Waals surface area contributed by atoms with Crippen LogP contribution in [0.2, 0.25) is 0 Å². The summed E-state index contributed by atoms with van der Waals surface area (Å²) >= 11 is 0. The number of rotatable bonds is 5. The normalized spacial score (nSPS) is 13.6. The summed E-state index contributed by atoms with van der Waals surface area (Å²) in [4.78, 5) is 6.90. The highest BCUT2D eigenvalue weighted by Crippen LogP contribution is 2.24. The Hall–Kier alpha value is -1.66. The largest absolute Gasteiger partial charge is 0.332 e. The fraction of sp³-hybridized carbons (Fsp3) is 0.357. The number of aryl methyl sites for hydroxylation is 1. The van der Waals surface area contributed by atoms with Gasteiger partial charge in [0.05, 0.1) is 6.20 Å². The molecule has 0 radical (unpaired) electrons. The zero-order valence-corrected chi connectivity index (χ0v) is 12.7. The number of imidazole rings is 1. The molecule has 2 aromatic rings. The fourth-order valence-corrected chi connectivity index (χ4v) is 3.24. The number of sulfonamides is 1. The first-order chi connectivity index (χ1) is 9.46. The fourth-order valence-electron chi connectivity index (χ4n) is 1.96. The molecule has 2 rings (SSSR count). The van der Waals surface area contributed by atoms with Gasteiger partial charge in [-0.25, -0.2) is 13.4 Å². The van der Waals surface area contributed by atoms with E-state index < -0.39 is 10.0 Å². The number of H-pyrrole nitrogens is 1. The molecule has 0 bridgehead atoms. The highest BCUT2D eigenvalue weighted by atomic mass is 32.2. The molecular weight excluding hydrogens is 274 g/mol. The molecule has 0 aliphatic carbocycles. The van der Waals surface area contributed by atoms with Gasteiger partial charge in [0.15, 0.2) is 5.03 Å². The molecule has 1 unspecified atom stereocenters. The minimum atomic E-state index is -3.56. The Labute approximate surface area is 119 Å². The summed E-state index contributed by atoms with van der Waals surface area (Å²) in [7, 11) is -1.98. The Morgan fingerprint density at radius 2 is 1.95 bits per heavy atom. The van der Waals surface area contributed by atoms with Crippen molar-refractivity contribution < 1.29 is 8.42 Å².